The van der Waals surface area contributed by atoms with Crippen LogP contribution in [0.2, 0.25) is 0 Å². The van der Waals surface area contributed by atoms with Crippen molar-refractivity contribution < 1.29 is 14.3 Å². The summed E-state index contributed by atoms with van der Waals surface area (Å²) in [6.07, 6.45) is 0. The van der Waals surface area contributed by atoms with Crippen molar-refractivity contribution in [2.24, 2.45) is 0 Å². The summed E-state index contributed by atoms with van der Waals surface area (Å²) < 4.78 is 10.8. The Kier molecular flexibility index (Phi) is 7.34. The molecule has 0 aliphatic heterocycles. The molecule has 28 heavy (non-hydrogen) atoms. The Morgan fingerprint density at radius 1 is 0.786 bits per heavy atom. The molecular weight excluding hydrogens is 578 g/mol. The summed E-state index contributed by atoms with van der Waals surface area (Å²) in [6.45, 7) is 0. The smallest absolute Gasteiger partial charge is 0.193 e. The minimum Gasteiger partial charge on any atom is -0.497 e. The van der Waals surface area contributed by atoms with E-state index in [1.54, 1.807) is 14.2 Å². The molecule has 3 nitrogen and oxygen atoms in total. The van der Waals surface area contributed by atoms with E-state index in [2.05, 4.69) is 63.4 Å². The zero-order chi connectivity index (χ0) is 20.1. The zero-order valence-electron chi connectivity index (χ0n) is 15.6. The highest BCUT2D eigenvalue weighted by Gasteiger charge is 2.25. The molecular formula is C23H20I2O3. The summed E-state index contributed by atoms with van der Waals surface area (Å²) in [7, 11) is 3.28. The van der Waals surface area contributed by atoms with Crippen LogP contribution in [0.5, 0.6) is 11.5 Å². The van der Waals surface area contributed by atoms with Gasteiger partial charge in [-0.25, -0.2) is 0 Å². The average Bonchev–Trinajstić information content (AvgIpc) is 2.74. The Balaban J connectivity index is 2.03. The summed E-state index contributed by atoms with van der Waals surface area (Å²) in [5, 5.41) is 0. The number of carbonyl (C=O) groups excluding carboxylic acids is 1. The number of hydrogen-bond donors (Lipinski definition) is 0. The van der Waals surface area contributed by atoms with Crippen LogP contribution in [0.3, 0.4) is 0 Å². The molecule has 0 aliphatic carbocycles. The zero-order valence-corrected chi connectivity index (χ0v) is 19.9. The first-order valence-corrected chi connectivity index (χ1v) is 11.2. The molecule has 0 heterocycles. The van der Waals surface area contributed by atoms with Crippen LogP contribution in [0.1, 0.15) is 33.0 Å². The molecule has 0 radical (unpaired) electrons. The SMILES string of the molecule is COc1ccc(C(=O)c2ccccc2C(c2ccc(OC)cc2)C(I)I)cc1. The van der Waals surface area contributed by atoms with Crippen molar-refractivity contribution in [1.29, 1.82) is 0 Å². The van der Waals surface area contributed by atoms with Crippen molar-refractivity contribution >= 4 is 51.0 Å². The molecule has 0 N–H and O–H groups in total. The number of alkyl halides is 2. The standard InChI is InChI=1S/C23H20I2O3/c1-27-17-11-7-15(8-12-17)21(23(24)25)19-5-3-4-6-20(19)22(26)16-9-13-18(28-2)14-10-16/h3-14,21,23H,1-2H3. The van der Waals surface area contributed by atoms with Gasteiger partial charge < -0.3 is 9.47 Å². The van der Waals surface area contributed by atoms with Gasteiger partial charge in [0, 0.05) is 17.0 Å². The quantitative estimate of drug-likeness (QED) is 0.183. The highest BCUT2D eigenvalue weighted by Crippen LogP contribution is 2.38. The van der Waals surface area contributed by atoms with E-state index in [4.69, 9.17) is 9.47 Å². The van der Waals surface area contributed by atoms with Gasteiger partial charge in [0.1, 0.15) is 11.5 Å². The molecule has 3 aromatic rings. The van der Waals surface area contributed by atoms with Crippen LogP contribution in [-0.4, -0.2) is 21.9 Å². The first-order valence-electron chi connectivity index (χ1n) is 8.75. The van der Waals surface area contributed by atoms with Crippen LogP contribution >= 0.6 is 45.2 Å². The number of benzene rings is 3. The molecule has 5 heteroatoms. The number of carbonyl (C=O) groups is 1. The number of ketones is 1. The summed E-state index contributed by atoms with van der Waals surface area (Å²) in [5.74, 6) is 1.67. The molecule has 3 aromatic carbocycles. The highest BCUT2D eigenvalue weighted by atomic mass is 127. The second kappa shape index (κ2) is 9.73. The van der Waals surface area contributed by atoms with Gasteiger partial charge in [-0.1, -0.05) is 81.6 Å². The predicted molar refractivity (Wildman–Crippen MR) is 130 cm³/mol. The van der Waals surface area contributed by atoms with Gasteiger partial charge in [0.05, 0.1) is 16.2 Å². The number of methoxy groups -OCH3 is 2. The lowest BCUT2D eigenvalue weighted by Crippen LogP contribution is -2.14. The number of ether oxygens (including phenoxy) is 2. The van der Waals surface area contributed by atoms with Crippen molar-refractivity contribution in [2.45, 2.75) is 7.85 Å². The third-order valence-electron chi connectivity index (χ3n) is 4.62. The maximum Gasteiger partial charge on any atom is 0.193 e. The first kappa shape index (κ1) is 21.1. The van der Waals surface area contributed by atoms with Crippen molar-refractivity contribution in [3.05, 3.63) is 95.1 Å². The normalized spacial score (nSPS) is 11.9. The molecule has 0 fully saturated rings. The van der Waals surface area contributed by atoms with Crippen LogP contribution in [0.25, 0.3) is 0 Å². The number of hydrogen-bond acceptors (Lipinski definition) is 3. The first-order chi connectivity index (χ1) is 13.5. The molecule has 0 aliphatic rings. The summed E-state index contributed by atoms with van der Waals surface area (Å²) in [4.78, 5) is 13.3. The predicted octanol–water partition coefficient (Wildman–Crippen LogP) is 6.26. The molecule has 0 saturated heterocycles. The van der Waals surface area contributed by atoms with Gasteiger partial charge in [-0.05, 0) is 47.5 Å². The molecule has 0 saturated carbocycles. The van der Waals surface area contributed by atoms with Gasteiger partial charge in [0.15, 0.2) is 5.78 Å². The van der Waals surface area contributed by atoms with Crippen molar-refractivity contribution in [1.82, 2.24) is 0 Å². The Hall–Kier alpha value is -1.61. The largest absolute Gasteiger partial charge is 0.497 e. The second-order valence-electron chi connectivity index (χ2n) is 6.23. The van der Waals surface area contributed by atoms with Crippen LogP contribution < -0.4 is 9.47 Å². The lowest BCUT2D eigenvalue weighted by molar-refractivity contribution is 0.103. The number of halogens is 2. The maximum absolute atomic E-state index is 13.3. The monoisotopic (exact) mass is 598 g/mol. The van der Waals surface area contributed by atoms with E-state index in [0.717, 1.165) is 28.2 Å². The highest BCUT2D eigenvalue weighted by molar-refractivity contribution is 14.2. The molecule has 0 spiro atoms. The van der Waals surface area contributed by atoms with Gasteiger partial charge >= 0.3 is 0 Å². The molecule has 0 aromatic heterocycles. The third-order valence-corrected chi connectivity index (χ3v) is 6.06. The lowest BCUT2D eigenvalue weighted by atomic mass is 9.87. The summed E-state index contributed by atoms with van der Waals surface area (Å²) >= 11 is 4.84. The van der Waals surface area contributed by atoms with E-state index in [9.17, 15) is 4.79 Å². The van der Waals surface area contributed by atoms with Crippen molar-refractivity contribution in [2.75, 3.05) is 14.2 Å². The lowest BCUT2D eigenvalue weighted by Gasteiger charge is -2.22. The van der Waals surface area contributed by atoms with E-state index >= 15 is 0 Å². The van der Waals surface area contributed by atoms with Gasteiger partial charge in [0.25, 0.3) is 0 Å². The van der Waals surface area contributed by atoms with E-state index in [1.165, 1.54) is 0 Å². The topological polar surface area (TPSA) is 35.5 Å². The summed E-state index contributed by atoms with van der Waals surface area (Å²) in [5.41, 5.74) is 3.57. The maximum atomic E-state index is 13.3. The third kappa shape index (κ3) is 4.68. The van der Waals surface area contributed by atoms with Crippen LogP contribution in [0, 0.1) is 0 Å². The minimum absolute atomic E-state index is 0.0187. The minimum atomic E-state index is 0.0187. The van der Waals surface area contributed by atoms with E-state index in [1.807, 2.05) is 54.6 Å². The van der Waals surface area contributed by atoms with Crippen molar-refractivity contribution in [3.8, 4) is 11.5 Å². The van der Waals surface area contributed by atoms with E-state index in [-0.39, 0.29) is 13.6 Å². The Bertz CT molecular complexity index is 935. The molecule has 1 unspecified atom stereocenters. The van der Waals surface area contributed by atoms with Gasteiger partial charge in [0.2, 0.25) is 0 Å². The summed E-state index contributed by atoms with van der Waals surface area (Å²) in [6, 6.07) is 23.2. The van der Waals surface area contributed by atoms with Gasteiger partial charge in [-0.2, -0.15) is 0 Å². The van der Waals surface area contributed by atoms with Crippen LogP contribution in [0.4, 0.5) is 0 Å². The second-order valence-corrected chi connectivity index (χ2v) is 11.3. The molecule has 3 rings (SSSR count). The van der Waals surface area contributed by atoms with Gasteiger partial charge in [-0.15, -0.1) is 0 Å². The Morgan fingerprint density at radius 2 is 1.32 bits per heavy atom. The molecule has 144 valence electrons. The van der Waals surface area contributed by atoms with E-state index < -0.39 is 0 Å². The Morgan fingerprint density at radius 3 is 1.86 bits per heavy atom. The van der Waals surface area contributed by atoms with Gasteiger partial charge in [-0.3, -0.25) is 4.79 Å². The molecule has 1 atom stereocenters. The van der Waals surface area contributed by atoms with Crippen LogP contribution in [-0.2, 0) is 0 Å². The molecule has 0 amide bonds. The average molecular weight is 598 g/mol. The van der Waals surface area contributed by atoms with E-state index in [0.29, 0.717) is 5.56 Å². The van der Waals surface area contributed by atoms with Crippen LogP contribution in [0.15, 0.2) is 72.8 Å². The number of rotatable bonds is 7. The fourth-order valence-electron chi connectivity index (χ4n) is 3.14. The molecule has 0 bridgehead atoms. The fraction of sp³-hybridized carbons (Fsp3) is 0.174. The van der Waals surface area contributed by atoms with Crippen molar-refractivity contribution in [3.63, 3.8) is 0 Å². The Labute approximate surface area is 192 Å². The fourth-order valence-corrected chi connectivity index (χ4v) is 4.75.